The summed E-state index contributed by atoms with van der Waals surface area (Å²) in [5, 5.41) is 13.3. The van der Waals surface area contributed by atoms with Crippen LogP contribution >= 0.6 is 0 Å². The van der Waals surface area contributed by atoms with Crippen LogP contribution in [0.5, 0.6) is 0 Å². The van der Waals surface area contributed by atoms with Gasteiger partial charge in [0.1, 0.15) is 5.69 Å². The molecule has 0 aromatic carbocycles. The molecule has 0 saturated carbocycles. The summed E-state index contributed by atoms with van der Waals surface area (Å²) in [7, 11) is 4.86. The molecule has 0 atom stereocenters. The first-order valence-electron chi connectivity index (χ1n) is 16.1. The molecular weight excluding hydrogens is 636 g/mol. The van der Waals surface area contributed by atoms with Gasteiger partial charge in [-0.15, -0.1) is 0 Å². The lowest BCUT2D eigenvalue weighted by atomic mass is 10.1. The van der Waals surface area contributed by atoms with Crippen molar-refractivity contribution in [3.05, 3.63) is 42.0 Å². The van der Waals surface area contributed by atoms with Gasteiger partial charge in [0.05, 0.1) is 5.69 Å². The van der Waals surface area contributed by atoms with E-state index in [1.807, 2.05) is 4.90 Å². The number of aryl methyl sites for hydroxylation is 3. The number of nitrogens with two attached hydrogens (primary N) is 1. The third-order valence-electron chi connectivity index (χ3n) is 7.77. The third kappa shape index (κ3) is 10.2. The number of anilines is 3. The van der Waals surface area contributed by atoms with Gasteiger partial charge in [-0.2, -0.15) is 0 Å². The molecule has 1 aliphatic rings. The third-order valence-corrected chi connectivity index (χ3v) is 7.77. The Labute approximate surface area is 283 Å². The van der Waals surface area contributed by atoms with E-state index in [0.29, 0.717) is 18.7 Å². The maximum atomic E-state index is 13.0. The highest BCUT2D eigenvalue weighted by Crippen LogP contribution is 2.16. The molecule has 0 spiro atoms. The van der Waals surface area contributed by atoms with E-state index >= 15 is 0 Å². The Balaban J connectivity index is 1.22. The molecular formula is C31H44N12O6. The number of nitrogens with one attached hydrogen (secondary N) is 5. The van der Waals surface area contributed by atoms with E-state index < -0.39 is 23.6 Å². The lowest BCUT2D eigenvalue weighted by Gasteiger charge is -2.26. The summed E-state index contributed by atoms with van der Waals surface area (Å²) in [5.41, 5.74) is 6.00. The maximum absolute atomic E-state index is 13.0. The number of amides is 6. The second-order valence-corrected chi connectivity index (χ2v) is 11.7. The number of hydrogen-bond donors (Lipinski definition) is 6. The van der Waals surface area contributed by atoms with Gasteiger partial charge in [-0.25, -0.2) is 9.97 Å². The fourth-order valence-corrected chi connectivity index (χ4v) is 5.24. The van der Waals surface area contributed by atoms with Crippen LogP contribution in [0, 0.1) is 0 Å². The average Bonchev–Trinajstić information content (AvgIpc) is 3.75. The standard InChI is InChI=1S/C31H44N12O6/c1-40-17-20(35-25(45)9-12-33-30(48)27-37-22(18-41(27)2)36-24(44)8-7-11-32)16-21(40)29(47)39-23-19-42(3)28(38-23)31(49)34-13-10-26(46)43-14-5-4-6-15-43/h16-19H,4-15,32H2,1-3H3,(H,33,48)(H,34,49)(H,35,45)(H,36,44)(H,39,47). The molecule has 3 aromatic rings. The van der Waals surface area contributed by atoms with Crippen molar-refractivity contribution in [2.45, 2.75) is 44.9 Å². The van der Waals surface area contributed by atoms with E-state index in [-0.39, 0.29) is 73.1 Å². The zero-order valence-corrected chi connectivity index (χ0v) is 28.0. The van der Waals surface area contributed by atoms with Gasteiger partial charge >= 0.3 is 0 Å². The van der Waals surface area contributed by atoms with Crippen LogP contribution in [0.3, 0.4) is 0 Å². The van der Waals surface area contributed by atoms with Crippen molar-refractivity contribution in [3.8, 4) is 0 Å². The fraction of sp³-hybridized carbons (Fsp3) is 0.484. The van der Waals surface area contributed by atoms with Crippen LogP contribution in [0.1, 0.15) is 76.7 Å². The molecule has 49 heavy (non-hydrogen) atoms. The molecule has 18 heteroatoms. The van der Waals surface area contributed by atoms with Crippen molar-refractivity contribution in [2.24, 2.45) is 26.9 Å². The Hall–Kier alpha value is -5.52. The van der Waals surface area contributed by atoms with Gasteiger partial charge in [0.2, 0.25) is 29.4 Å². The largest absolute Gasteiger partial charge is 0.349 e. The zero-order valence-electron chi connectivity index (χ0n) is 28.0. The van der Waals surface area contributed by atoms with E-state index in [2.05, 4.69) is 36.6 Å². The molecule has 18 nitrogen and oxygen atoms in total. The van der Waals surface area contributed by atoms with Crippen LogP contribution in [0.25, 0.3) is 0 Å². The van der Waals surface area contributed by atoms with Crippen molar-refractivity contribution in [1.29, 1.82) is 0 Å². The Morgan fingerprint density at radius 3 is 1.88 bits per heavy atom. The number of aromatic nitrogens is 5. The Kier molecular flexibility index (Phi) is 12.6. The molecule has 6 amide bonds. The second-order valence-electron chi connectivity index (χ2n) is 11.7. The summed E-state index contributed by atoms with van der Waals surface area (Å²) in [6.07, 6.45) is 8.61. The van der Waals surface area contributed by atoms with E-state index in [4.69, 9.17) is 5.73 Å². The Morgan fingerprint density at radius 2 is 1.27 bits per heavy atom. The van der Waals surface area contributed by atoms with Gasteiger partial charge in [-0.3, -0.25) is 28.8 Å². The van der Waals surface area contributed by atoms with Crippen molar-refractivity contribution in [2.75, 3.05) is 48.7 Å². The van der Waals surface area contributed by atoms with Crippen molar-refractivity contribution >= 4 is 52.8 Å². The Morgan fingerprint density at radius 1 is 0.694 bits per heavy atom. The SMILES string of the molecule is Cn1cc(NC(=O)CCNC(=O)c2nc(NC(=O)CCCN)cn2C)cc1C(=O)Nc1cn(C)c(C(=O)NCCC(=O)N2CCCCC2)n1. The zero-order chi connectivity index (χ0) is 35.5. The minimum absolute atomic E-state index is 0.00986. The molecule has 4 heterocycles. The molecule has 1 fully saturated rings. The van der Waals surface area contributed by atoms with Crippen molar-refractivity contribution < 1.29 is 28.8 Å². The summed E-state index contributed by atoms with van der Waals surface area (Å²) in [6.45, 7) is 2.08. The van der Waals surface area contributed by atoms with Crippen LogP contribution in [0.15, 0.2) is 24.7 Å². The molecule has 0 radical (unpaired) electrons. The highest BCUT2D eigenvalue weighted by molar-refractivity contribution is 6.04. The highest BCUT2D eigenvalue weighted by Gasteiger charge is 2.20. The monoisotopic (exact) mass is 680 g/mol. The summed E-state index contributed by atoms with van der Waals surface area (Å²) in [6, 6.07) is 1.49. The summed E-state index contributed by atoms with van der Waals surface area (Å²) < 4.78 is 4.46. The number of hydrogen-bond acceptors (Lipinski definition) is 9. The summed E-state index contributed by atoms with van der Waals surface area (Å²) in [4.78, 5) is 85.3. The predicted octanol–water partition coefficient (Wildman–Crippen LogP) is 0.313. The summed E-state index contributed by atoms with van der Waals surface area (Å²) >= 11 is 0. The van der Waals surface area contributed by atoms with Gasteiger partial charge in [0.15, 0.2) is 11.6 Å². The minimum atomic E-state index is -0.519. The molecule has 4 rings (SSSR count). The second kappa shape index (κ2) is 17.0. The fourth-order valence-electron chi connectivity index (χ4n) is 5.24. The molecule has 0 bridgehead atoms. The number of nitrogens with zero attached hydrogens (tertiary/aromatic N) is 6. The lowest BCUT2D eigenvalue weighted by molar-refractivity contribution is -0.132. The van der Waals surface area contributed by atoms with Gasteiger partial charge in [-0.1, -0.05) is 0 Å². The number of likely N-dealkylation sites (tertiary alicyclic amines) is 1. The summed E-state index contributed by atoms with van der Waals surface area (Å²) in [5.74, 6) is -1.63. The Bertz CT molecular complexity index is 1680. The van der Waals surface area contributed by atoms with E-state index in [9.17, 15) is 28.8 Å². The number of carbonyl (C=O) groups is 6. The van der Waals surface area contributed by atoms with Crippen LogP contribution in [-0.4, -0.2) is 96.7 Å². The van der Waals surface area contributed by atoms with Crippen molar-refractivity contribution in [3.63, 3.8) is 0 Å². The lowest BCUT2D eigenvalue weighted by Crippen LogP contribution is -2.38. The first kappa shape index (κ1) is 36.3. The normalized spacial score (nSPS) is 12.7. The van der Waals surface area contributed by atoms with Gasteiger partial charge < -0.3 is 50.9 Å². The van der Waals surface area contributed by atoms with Crippen LogP contribution in [0.2, 0.25) is 0 Å². The first-order valence-corrected chi connectivity index (χ1v) is 16.1. The van der Waals surface area contributed by atoms with E-state index in [1.165, 1.54) is 32.2 Å². The van der Waals surface area contributed by atoms with Gasteiger partial charge in [-0.05, 0) is 38.3 Å². The number of rotatable bonds is 15. The molecule has 0 aliphatic carbocycles. The number of carbonyl (C=O) groups excluding carboxylic acids is 6. The van der Waals surface area contributed by atoms with Gasteiger partial charge in [0.25, 0.3) is 17.7 Å². The van der Waals surface area contributed by atoms with Crippen LogP contribution < -0.4 is 32.3 Å². The van der Waals surface area contributed by atoms with Crippen LogP contribution in [-0.2, 0) is 35.5 Å². The average molecular weight is 681 g/mol. The smallest absolute Gasteiger partial charge is 0.287 e. The van der Waals surface area contributed by atoms with Crippen molar-refractivity contribution in [1.82, 2.24) is 39.2 Å². The quantitative estimate of drug-likeness (QED) is 0.130. The number of piperidine rings is 1. The molecule has 264 valence electrons. The first-order chi connectivity index (χ1) is 23.4. The van der Waals surface area contributed by atoms with E-state index in [0.717, 1.165) is 32.4 Å². The maximum Gasteiger partial charge on any atom is 0.287 e. The molecule has 0 unspecified atom stereocenters. The van der Waals surface area contributed by atoms with E-state index in [1.54, 1.807) is 27.3 Å². The number of imidazole rings is 2. The topological polar surface area (TPSA) is 232 Å². The predicted molar refractivity (Wildman–Crippen MR) is 180 cm³/mol. The highest BCUT2D eigenvalue weighted by atomic mass is 16.2. The molecule has 1 saturated heterocycles. The molecule has 3 aromatic heterocycles. The molecule has 1 aliphatic heterocycles. The minimum Gasteiger partial charge on any atom is -0.349 e. The molecule has 7 N–H and O–H groups in total. The van der Waals surface area contributed by atoms with Crippen LogP contribution in [0.4, 0.5) is 17.3 Å². The van der Waals surface area contributed by atoms with Gasteiger partial charge in [0, 0.05) is 85.2 Å².